The van der Waals surface area contributed by atoms with Crippen LogP contribution in [0, 0.1) is 20.2 Å². The predicted molar refractivity (Wildman–Crippen MR) is 122 cm³/mol. The van der Waals surface area contributed by atoms with Crippen molar-refractivity contribution in [3.63, 3.8) is 0 Å². The lowest BCUT2D eigenvalue weighted by atomic mass is 10.1. The van der Waals surface area contributed by atoms with Crippen molar-refractivity contribution in [2.45, 2.75) is 6.10 Å². The molecule has 0 saturated carbocycles. The van der Waals surface area contributed by atoms with Crippen LogP contribution in [0.5, 0.6) is 0 Å². The highest BCUT2D eigenvalue weighted by molar-refractivity contribution is 9.10. The van der Waals surface area contributed by atoms with Crippen molar-refractivity contribution < 1.29 is 24.2 Å². The Morgan fingerprint density at radius 1 is 0.970 bits per heavy atom. The van der Waals surface area contributed by atoms with Gasteiger partial charge >= 0.3 is 5.97 Å². The molecule has 168 valence electrons. The number of anilines is 2. The third kappa shape index (κ3) is 5.49. The third-order valence-electron chi connectivity index (χ3n) is 4.45. The minimum atomic E-state index is -1.42. The molecule has 0 aromatic heterocycles. The van der Waals surface area contributed by atoms with Crippen molar-refractivity contribution >= 4 is 50.6 Å². The molecule has 0 bridgehead atoms. The minimum Gasteiger partial charge on any atom is -0.444 e. The summed E-state index contributed by atoms with van der Waals surface area (Å²) in [5.74, 6) is -1.72. The summed E-state index contributed by atoms with van der Waals surface area (Å²) < 4.78 is 5.64. The van der Waals surface area contributed by atoms with Crippen LogP contribution in [0.15, 0.2) is 71.2 Å². The number of amides is 1. The van der Waals surface area contributed by atoms with Gasteiger partial charge in [0.1, 0.15) is 5.69 Å². The van der Waals surface area contributed by atoms with E-state index < -0.39 is 33.5 Å². The van der Waals surface area contributed by atoms with Crippen molar-refractivity contribution in [1.82, 2.24) is 0 Å². The van der Waals surface area contributed by atoms with Gasteiger partial charge in [0.15, 0.2) is 0 Å². The molecule has 0 heterocycles. The van der Waals surface area contributed by atoms with Crippen LogP contribution in [-0.2, 0) is 9.53 Å². The van der Waals surface area contributed by atoms with Crippen LogP contribution < -0.4 is 11.1 Å². The Balaban J connectivity index is 1.89. The van der Waals surface area contributed by atoms with E-state index in [0.717, 1.165) is 6.07 Å². The van der Waals surface area contributed by atoms with E-state index in [2.05, 4.69) is 21.2 Å². The Morgan fingerprint density at radius 3 is 2.27 bits per heavy atom. The number of halogens is 1. The highest BCUT2D eigenvalue weighted by Gasteiger charge is 2.27. The first kappa shape index (κ1) is 23.3. The summed E-state index contributed by atoms with van der Waals surface area (Å²) in [7, 11) is 0. The van der Waals surface area contributed by atoms with E-state index in [1.807, 2.05) is 0 Å². The van der Waals surface area contributed by atoms with Crippen molar-refractivity contribution in [1.29, 1.82) is 0 Å². The highest BCUT2D eigenvalue weighted by Crippen LogP contribution is 2.30. The molecule has 0 aliphatic carbocycles. The summed E-state index contributed by atoms with van der Waals surface area (Å²) in [6.07, 6.45) is -1.42. The molecule has 1 amide bonds. The summed E-state index contributed by atoms with van der Waals surface area (Å²) in [6, 6.07) is 15.3. The van der Waals surface area contributed by atoms with Gasteiger partial charge in [0, 0.05) is 28.2 Å². The lowest BCUT2D eigenvalue weighted by Crippen LogP contribution is -2.26. The van der Waals surface area contributed by atoms with E-state index in [4.69, 9.17) is 10.5 Å². The van der Waals surface area contributed by atoms with Crippen molar-refractivity contribution in [3.05, 3.63) is 103 Å². The van der Waals surface area contributed by atoms with Gasteiger partial charge < -0.3 is 15.8 Å². The second kappa shape index (κ2) is 9.87. The zero-order valence-corrected chi connectivity index (χ0v) is 18.2. The van der Waals surface area contributed by atoms with E-state index in [0.29, 0.717) is 5.56 Å². The number of nitrogens with two attached hydrogens (primary N) is 1. The molecule has 33 heavy (non-hydrogen) atoms. The monoisotopic (exact) mass is 514 g/mol. The molecule has 3 rings (SSSR count). The Morgan fingerprint density at radius 2 is 1.67 bits per heavy atom. The molecule has 0 radical (unpaired) electrons. The minimum absolute atomic E-state index is 0.128. The predicted octanol–water partition coefficient (Wildman–Crippen LogP) is 4.38. The van der Waals surface area contributed by atoms with Gasteiger partial charge in [-0.05, 0) is 34.1 Å². The Bertz CT molecular complexity index is 1250. The van der Waals surface area contributed by atoms with Gasteiger partial charge in [-0.15, -0.1) is 0 Å². The van der Waals surface area contributed by atoms with E-state index in [1.165, 1.54) is 30.3 Å². The smallest absolute Gasteiger partial charge is 0.339 e. The SMILES string of the molecule is Nc1ccc(C(=O)OC(C(=O)Nc2ccc([N+](=O)[O-])cc2Br)c2ccccc2)cc1[N+](=O)[O-]. The average Bonchev–Trinajstić information content (AvgIpc) is 2.79. The number of nitrogens with one attached hydrogen (secondary N) is 1. The fraction of sp³-hybridized carbons (Fsp3) is 0.0476. The number of nitrogen functional groups attached to an aromatic ring is 1. The van der Waals surface area contributed by atoms with Crippen LogP contribution in [0.2, 0.25) is 0 Å². The maximum atomic E-state index is 13.0. The van der Waals surface area contributed by atoms with Gasteiger partial charge in [0.05, 0.1) is 21.1 Å². The molecular weight excluding hydrogens is 500 g/mol. The summed E-state index contributed by atoms with van der Waals surface area (Å²) >= 11 is 3.16. The van der Waals surface area contributed by atoms with Gasteiger partial charge in [0.2, 0.25) is 6.10 Å². The first-order valence-electron chi connectivity index (χ1n) is 9.22. The molecule has 3 aromatic rings. The maximum Gasteiger partial charge on any atom is 0.339 e. The molecular formula is C21H15BrN4O7. The number of carbonyl (C=O) groups is 2. The molecule has 0 fully saturated rings. The highest BCUT2D eigenvalue weighted by atomic mass is 79.9. The fourth-order valence-electron chi connectivity index (χ4n) is 2.82. The molecule has 0 aliphatic rings. The zero-order valence-electron chi connectivity index (χ0n) is 16.6. The number of non-ortho nitro benzene ring substituents is 1. The number of nitro groups is 2. The number of ether oxygens (including phenoxy) is 1. The summed E-state index contributed by atoms with van der Waals surface area (Å²) in [4.78, 5) is 46.4. The molecule has 3 N–H and O–H groups in total. The van der Waals surface area contributed by atoms with Crippen LogP contribution in [0.25, 0.3) is 0 Å². The van der Waals surface area contributed by atoms with Crippen LogP contribution >= 0.6 is 15.9 Å². The lowest BCUT2D eigenvalue weighted by Gasteiger charge is -2.18. The quantitative estimate of drug-likeness (QED) is 0.202. The molecule has 12 heteroatoms. The molecule has 0 saturated heterocycles. The van der Waals surface area contributed by atoms with E-state index in [1.54, 1.807) is 30.3 Å². The maximum absolute atomic E-state index is 13.0. The summed E-state index contributed by atoms with van der Waals surface area (Å²) in [5, 5.41) is 24.6. The van der Waals surface area contributed by atoms with Crippen molar-refractivity contribution in [3.8, 4) is 0 Å². The average molecular weight is 515 g/mol. The second-order valence-corrected chi connectivity index (χ2v) is 7.49. The first-order chi connectivity index (χ1) is 15.7. The van der Waals surface area contributed by atoms with E-state index in [-0.39, 0.29) is 27.1 Å². The summed E-state index contributed by atoms with van der Waals surface area (Å²) in [6.45, 7) is 0. The topological polar surface area (TPSA) is 168 Å². The molecule has 1 atom stereocenters. The molecule has 3 aromatic carbocycles. The van der Waals surface area contributed by atoms with Crippen LogP contribution in [0.4, 0.5) is 22.7 Å². The number of nitro benzene ring substituents is 2. The normalized spacial score (nSPS) is 11.3. The van der Waals surface area contributed by atoms with Gasteiger partial charge in [0.25, 0.3) is 17.3 Å². The van der Waals surface area contributed by atoms with Gasteiger partial charge in [-0.3, -0.25) is 25.0 Å². The Kier molecular flexibility index (Phi) is 6.98. The number of benzene rings is 3. The van der Waals surface area contributed by atoms with Crippen LogP contribution in [0.3, 0.4) is 0 Å². The van der Waals surface area contributed by atoms with Crippen molar-refractivity contribution in [2.75, 3.05) is 11.1 Å². The van der Waals surface area contributed by atoms with Crippen LogP contribution in [0.1, 0.15) is 22.0 Å². The number of carbonyl (C=O) groups excluding carboxylic acids is 2. The Hall–Kier alpha value is -4.32. The molecule has 11 nitrogen and oxygen atoms in total. The van der Waals surface area contributed by atoms with E-state index in [9.17, 15) is 29.8 Å². The number of hydrogen-bond donors (Lipinski definition) is 2. The van der Waals surface area contributed by atoms with Gasteiger partial charge in [-0.25, -0.2) is 4.79 Å². The summed E-state index contributed by atoms with van der Waals surface area (Å²) in [5.41, 5.74) is 5.16. The van der Waals surface area contributed by atoms with Crippen LogP contribution in [-0.4, -0.2) is 21.7 Å². The standard InChI is InChI=1S/C21H15BrN4O7/c22-15-11-14(25(29)30)7-9-17(15)24-20(27)19(12-4-2-1-3-5-12)33-21(28)13-6-8-16(23)18(10-13)26(31)32/h1-11,19H,23H2,(H,24,27). The lowest BCUT2D eigenvalue weighted by molar-refractivity contribution is -0.384. The fourth-order valence-corrected chi connectivity index (χ4v) is 3.29. The zero-order chi connectivity index (χ0) is 24.1. The largest absolute Gasteiger partial charge is 0.444 e. The first-order valence-corrected chi connectivity index (χ1v) is 10.0. The second-order valence-electron chi connectivity index (χ2n) is 6.64. The van der Waals surface area contributed by atoms with Crippen molar-refractivity contribution in [2.24, 2.45) is 0 Å². The third-order valence-corrected chi connectivity index (χ3v) is 5.11. The molecule has 1 unspecified atom stereocenters. The van der Waals surface area contributed by atoms with Gasteiger partial charge in [-0.1, -0.05) is 30.3 Å². The number of esters is 1. The molecule has 0 spiro atoms. The Labute approximate surface area is 194 Å². The number of nitrogens with zero attached hydrogens (tertiary/aromatic N) is 2. The number of rotatable bonds is 7. The van der Waals surface area contributed by atoms with E-state index >= 15 is 0 Å². The number of hydrogen-bond acceptors (Lipinski definition) is 8. The van der Waals surface area contributed by atoms with Gasteiger partial charge in [-0.2, -0.15) is 0 Å². The molecule has 0 aliphatic heterocycles.